The molecule has 2 N–H and O–H groups in total. The molecule has 3 atom stereocenters. The minimum Gasteiger partial charge on any atom is -0.458 e. The lowest BCUT2D eigenvalue weighted by atomic mass is 9.89. The van der Waals surface area contributed by atoms with Crippen molar-refractivity contribution in [3.63, 3.8) is 0 Å². The van der Waals surface area contributed by atoms with Gasteiger partial charge in [-0.25, -0.2) is 4.79 Å². The van der Waals surface area contributed by atoms with E-state index in [4.69, 9.17) is 14.2 Å². The summed E-state index contributed by atoms with van der Waals surface area (Å²) in [4.78, 5) is 25.1. The Labute approximate surface area is 139 Å². The number of amides is 1. The maximum Gasteiger partial charge on any atom is 0.337 e. The lowest BCUT2D eigenvalue weighted by Crippen LogP contribution is -2.68. The van der Waals surface area contributed by atoms with Crippen molar-refractivity contribution in [3.05, 3.63) is 35.9 Å². The number of carbonyl (C=O) groups is 2. The number of esters is 1. The zero-order chi connectivity index (χ0) is 17.4. The molecule has 130 valence electrons. The summed E-state index contributed by atoms with van der Waals surface area (Å²) >= 11 is 0. The predicted octanol–water partition coefficient (Wildman–Crippen LogP) is 0.615. The standard InChI is InChI=1S/C17H21NO6/c1-16(2)22-10-17(18-14(20)11-6-4-3-5-7-11)13(24-16)12(8-9-19)23-15(17)21/h3-7,12-13,19H,8-10H2,1-2H3,(H,18,20)/t12-,13+,17-/m1/s1. The third-order valence-corrected chi connectivity index (χ3v) is 4.29. The number of aliphatic hydroxyl groups is 1. The molecule has 7 heteroatoms. The number of carbonyl (C=O) groups excluding carboxylic acids is 2. The fraction of sp³-hybridized carbons (Fsp3) is 0.529. The molecule has 0 unspecified atom stereocenters. The molecule has 0 aliphatic carbocycles. The normalized spacial score (nSPS) is 31.2. The Morgan fingerprint density at radius 3 is 2.71 bits per heavy atom. The fourth-order valence-electron chi connectivity index (χ4n) is 3.04. The quantitative estimate of drug-likeness (QED) is 0.783. The molecule has 2 fully saturated rings. The highest BCUT2D eigenvalue weighted by Crippen LogP contribution is 2.39. The molecule has 1 aromatic rings. The van der Waals surface area contributed by atoms with Gasteiger partial charge in [-0.2, -0.15) is 0 Å². The number of ether oxygens (including phenoxy) is 3. The lowest BCUT2D eigenvalue weighted by molar-refractivity contribution is -0.295. The Morgan fingerprint density at radius 2 is 2.04 bits per heavy atom. The van der Waals surface area contributed by atoms with Gasteiger partial charge in [0.05, 0.1) is 6.61 Å². The molecule has 0 radical (unpaired) electrons. The highest BCUT2D eigenvalue weighted by atomic mass is 16.7. The SMILES string of the molecule is CC1(C)OC[C@]2(NC(=O)c3ccccc3)C(=O)O[C@H](CCO)[C@@H]2O1. The number of fused-ring (bicyclic) bond motifs is 1. The van der Waals surface area contributed by atoms with E-state index in [-0.39, 0.29) is 19.6 Å². The van der Waals surface area contributed by atoms with Crippen LogP contribution in [0.15, 0.2) is 30.3 Å². The Bertz CT molecular complexity index is 631. The van der Waals surface area contributed by atoms with E-state index in [9.17, 15) is 14.7 Å². The van der Waals surface area contributed by atoms with Gasteiger partial charge in [0, 0.05) is 18.6 Å². The summed E-state index contributed by atoms with van der Waals surface area (Å²) in [5.74, 6) is -1.92. The van der Waals surface area contributed by atoms with Gasteiger partial charge in [-0.15, -0.1) is 0 Å². The minimum absolute atomic E-state index is 0.0516. The molecule has 1 amide bonds. The van der Waals surface area contributed by atoms with Gasteiger partial charge >= 0.3 is 5.97 Å². The molecule has 0 aromatic heterocycles. The van der Waals surface area contributed by atoms with Crippen LogP contribution in [0.3, 0.4) is 0 Å². The molecule has 7 nitrogen and oxygen atoms in total. The first-order chi connectivity index (χ1) is 11.4. The molecule has 24 heavy (non-hydrogen) atoms. The molecule has 2 heterocycles. The Kier molecular flexibility index (Phi) is 4.33. The van der Waals surface area contributed by atoms with Gasteiger partial charge < -0.3 is 24.6 Å². The van der Waals surface area contributed by atoms with Gasteiger partial charge in [0.25, 0.3) is 5.91 Å². The topological polar surface area (TPSA) is 94.1 Å². The van der Waals surface area contributed by atoms with Gasteiger partial charge in [-0.3, -0.25) is 4.79 Å². The summed E-state index contributed by atoms with van der Waals surface area (Å²) in [6.07, 6.45) is -1.13. The van der Waals surface area contributed by atoms with E-state index in [0.717, 1.165) is 0 Å². The summed E-state index contributed by atoms with van der Waals surface area (Å²) in [5, 5.41) is 12.0. The van der Waals surface area contributed by atoms with Crippen LogP contribution in [0.4, 0.5) is 0 Å². The second kappa shape index (κ2) is 6.16. The maximum absolute atomic E-state index is 12.5. The van der Waals surface area contributed by atoms with E-state index in [1.165, 1.54) is 0 Å². The smallest absolute Gasteiger partial charge is 0.337 e. The van der Waals surface area contributed by atoms with Crippen LogP contribution in [-0.4, -0.2) is 53.7 Å². The predicted molar refractivity (Wildman–Crippen MR) is 83.1 cm³/mol. The van der Waals surface area contributed by atoms with Crippen molar-refractivity contribution < 1.29 is 28.9 Å². The van der Waals surface area contributed by atoms with Crippen LogP contribution in [0.5, 0.6) is 0 Å². The number of aliphatic hydroxyl groups excluding tert-OH is 1. The summed E-state index contributed by atoms with van der Waals surface area (Å²) in [6.45, 7) is 3.26. The van der Waals surface area contributed by atoms with E-state index >= 15 is 0 Å². The largest absolute Gasteiger partial charge is 0.458 e. The van der Waals surface area contributed by atoms with Crippen molar-refractivity contribution in [2.75, 3.05) is 13.2 Å². The zero-order valence-corrected chi connectivity index (χ0v) is 13.7. The first-order valence-electron chi connectivity index (χ1n) is 7.89. The minimum atomic E-state index is -1.41. The van der Waals surface area contributed by atoms with Gasteiger partial charge in [-0.05, 0) is 26.0 Å². The van der Waals surface area contributed by atoms with Crippen molar-refractivity contribution in [2.45, 2.75) is 43.8 Å². The number of hydrogen-bond acceptors (Lipinski definition) is 6. The molecule has 0 saturated carbocycles. The van der Waals surface area contributed by atoms with Crippen LogP contribution in [0.2, 0.25) is 0 Å². The monoisotopic (exact) mass is 335 g/mol. The summed E-state index contributed by atoms with van der Waals surface area (Å²) < 4.78 is 16.9. The second-order valence-corrected chi connectivity index (χ2v) is 6.47. The first kappa shape index (κ1) is 16.9. The number of nitrogens with one attached hydrogen (secondary N) is 1. The average Bonchev–Trinajstić information content (AvgIpc) is 2.80. The number of hydrogen-bond donors (Lipinski definition) is 2. The van der Waals surface area contributed by atoms with Crippen LogP contribution < -0.4 is 5.32 Å². The molecule has 0 spiro atoms. The van der Waals surface area contributed by atoms with Crippen molar-refractivity contribution in [1.82, 2.24) is 5.32 Å². The Balaban J connectivity index is 1.89. The second-order valence-electron chi connectivity index (χ2n) is 6.47. The summed E-state index contributed by atoms with van der Waals surface area (Å²) in [6, 6.07) is 8.58. The molecule has 2 aliphatic heterocycles. The van der Waals surface area contributed by atoms with Crippen molar-refractivity contribution in [2.24, 2.45) is 0 Å². The van der Waals surface area contributed by atoms with Gasteiger partial charge in [0.15, 0.2) is 11.3 Å². The van der Waals surface area contributed by atoms with Crippen LogP contribution in [0.25, 0.3) is 0 Å². The van der Waals surface area contributed by atoms with Crippen molar-refractivity contribution in [1.29, 1.82) is 0 Å². The van der Waals surface area contributed by atoms with Crippen LogP contribution in [0, 0.1) is 0 Å². The van der Waals surface area contributed by atoms with E-state index in [1.807, 2.05) is 0 Å². The van der Waals surface area contributed by atoms with Crippen LogP contribution in [0.1, 0.15) is 30.6 Å². The molecule has 2 aliphatic rings. The fourth-order valence-corrected chi connectivity index (χ4v) is 3.04. The maximum atomic E-state index is 12.5. The summed E-state index contributed by atoms with van der Waals surface area (Å²) in [7, 11) is 0. The highest BCUT2D eigenvalue weighted by molar-refractivity contribution is 5.99. The number of benzene rings is 1. The summed E-state index contributed by atoms with van der Waals surface area (Å²) in [5.41, 5.74) is -0.990. The number of cyclic esters (lactones) is 1. The highest BCUT2D eigenvalue weighted by Gasteiger charge is 2.63. The van der Waals surface area contributed by atoms with E-state index in [0.29, 0.717) is 5.56 Å². The van der Waals surface area contributed by atoms with E-state index in [1.54, 1.807) is 44.2 Å². The van der Waals surface area contributed by atoms with Crippen molar-refractivity contribution >= 4 is 11.9 Å². The molecular weight excluding hydrogens is 314 g/mol. The van der Waals surface area contributed by atoms with E-state index in [2.05, 4.69) is 5.32 Å². The van der Waals surface area contributed by atoms with Gasteiger partial charge in [0.1, 0.15) is 12.2 Å². The van der Waals surface area contributed by atoms with E-state index < -0.39 is 35.4 Å². The Hall–Kier alpha value is -1.96. The molecule has 1 aromatic carbocycles. The van der Waals surface area contributed by atoms with Crippen molar-refractivity contribution in [3.8, 4) is 0 Å². The lowest BCUT2D eigenvalue weighted by Gasteiger charge is -2.44. The average molecular weight is 335 g/mol. The van der Waals surface area contributed by atoms with Gasteiger partial charge in [-0.1, -0.05) is 18.2 Å². The van der Waals surface area contributed by atoms with Crippen LogP contribution in [-0.2, 0) is 19.0 Å². The number of rotatable bonds is 4. The molecular formula is C17H21NO6. The zero-order valence-electron chi connectivity index (χ0n) is 13.7. The Morgan fingerprint density at radius 1 is 1.33 bits per heavy atom. The third kappa shape index (κ3) is 2.90. The molecule has 2 saturated heterocycles. The first-order valence-corrected chi connectivity index (χ1v) is 7.89. The third-order valence-electron chi connectivity index (χ3n) is 4.29. The molecule has 0 bridgehead atoms. The van der Waals surface area contributed by atoms with Crippen LogP contribution >= 0.6 is 0 Å². The molecule has 3 rings (SSSR count). The van der Waals surface area contributed by atoms with Gasteiger partial charge in [0.2, 0.25) is 0 Å².